The number of rotatable bonds is 4. The molecule has 0 saturated heterocycles. The van der Waals surface area contributed by atoms with Crippen LogP contribution in [0.4, 0.5) is 5.69 Å². The third kappa shape index (κ3) is 3.93. The molecule has 0 spiro atoms. The zero-order valence-corrected chi connectivity index (χ0v) is 15.3. The summed E-state index contributed by atoms with van der Waals surface area (Å²) in [5, 5.41) is 0.590. The van der Waals surface area contributed by atoms with Crippen molar-refractivity contribution in [2.24, 2.45) is 0 Å². The largest absolute Gasteiger partial charge is 0.279 e. The predicted molar refractivity (Wildman–Crippen MR) is 99.3 cm³/mol. The van der Waals surface area contributed by atoms with Crippen LogP contribution in [0, 0.1) is 6.92 Å². The summed E-state index contributed by atoms with van der Waals surface area (Å²) in [5.41, 5.74) is 2.59. The van der Waals surface area contributed by atoms with E-state index in [1.54, 1.807) is 30.3 Å². The van der Waals surface area contributed by atoms with E-state index in [1.807, 2.05) is 19.1 Å². The van der Waals surface area contributed by atoms with Crippen molar-refractivity contribution in [3.8, 4) is 0 Å². The number of anilines is 1. The van der Waals surface area contributed by atoms with Gasteiger partial charge in [0.15, 0.2) is 0 Å². The first kappa shape index (κ1) is 17.3. The standard InChI is InChI=1S/C19H22ClNO2S/c1-14-13-17(20)9-12-19(14)21-24(22,23)18-10-7-16(8-11-18)15-5-3-2-4-6-15/h7-13,15,21H,2-6H2,1H3. The Morgan fingerprint density at radius 3 is 2.29 bits per heavy atom. The van der Waals surface area contributed by atoms with Crippen LogP contribution in [0.25, 0.3) is 0 Å². The Morgan fingerprint density at radius 1 is 1.00 bits per heavy atom. The molecule has 0 amide bonds. The average Bonchev–Trinajstić information content (AvgIpc) is 2.58. The maximum absolute atomic E-state index is 12.6. The van der Waals surface area contributed by atoms with Crippen molar-refractivity contribution >= 4 is 27.3 Å². The lowest BCUT2D eigenvalue weighted by atomic mass is 9.84. The van der Waals surface area contributed by atoms with Gasteiger partial charge in [-0.15, -0.1) is 0 Å². The molecular weight excluding hydrogens is 342 g/mol. The van der Waals surface area contributed by atoms with Gasteiger partial charge in [-0.05, 0) is 67.1 Å². The SMILES string of the molecule is Cc1cc(Cl)ccc1NS(=O)(=O)c1ccc(C2CCCCC2)cc1. The van der Waals surface area contributed by atoms with Gasteiger partial charge in [-0.1, -0.05) is 43.0 Å². The van der Waals surface area contributed by atoms with Crippen molar-refractivity contribution in [3.05, 3.63) is 58.6 Å². The lowest BCUT2D eigenvalue weighted by molar-refractivity contribution is 0.443. The summed E-state index contributed by atoms with van der Waals surface area (Å²) < 4.78 is 27.8. The molecule has 0 aliphatic heterocycles. The van der Waals surface area contributed by atoms with Gasteiger partial charge in [0.2, 0.25) is 0 Å². The minimum atomic E-state index is -3.59. The Morgan fingerprint density at radius 2 is 1.67 bits per heavy atom. The first-order valence-corrected chi connectivity index (χ1v) is 10.2. The molecular formula is C19H22ClNO2S. The molecule has 2 aromatic carbocycles. The molecule has 0 bridgehead atoms. The number of hydrogen-bond acceptors (Lipinski definition) is 2. The van der Waals surface area contributed by atoms with Gasteiger partial charge in [0, 0.05) is 5.02 Å². The minimum absolute atomic E-state index is 0.288. The second-order valence-corrected chi connectivity index (χ2v) is 8.59. The highest BCUT2D eigenvalue weighted by atomic mass is 35.5. The van der Waals surface area contributed by atoms with Crippen LogP contribution < -0.4 is 4.72 Å². The van der Waals surface area contributed by atoms with Gasteiger partial charge in [-0.25, -0.2) is 8.42 Å². The summed E-state index contributed by atoms with van der Waals surface area (Å²) in [7, 11) is -3.59. The van der Waals surface area contributed by atoms with Crippen LogP contribution in [0.1, 0.15) is 49.1 Å². The van der Waals surface area contributed by atoms with Crippen LogP contribution in [-0.4, -0.2) is 8.42 Å². The fourth-order valence-corrected chi connectivity index (χ4v) is 4.66. The predicted octanol–water partition coefficient (Wildman–Crippen LogP) is 5.50. The van der Waals surface area contributed by atoms with E-state index in [9.17, 15) is 8.42 Å². The zero-order chi connectivity index (χ0) is 17.2. The monoisotopic (exact) mass is 363 g/mol. The Bertz CT molecular complexity index is 810. The van der Waals surface area contributed by atoms with E-state index in [4.69, 9.17) is 11.6 Å². The van der Waals surface area contributed by atoms with Crippen LogP contribution in [-0.2, 0) is 10.0 Å². The summed E-state index contributed by atoms with van der Waals surface area (Å²) >= 11 is 5.92. The first-order chi connectivity index (χ1) is 11.5. The molecule has 1 fully saturated rings. The highest BCUT2D eigenvalue weighted by Gasteiger charge is 2.18. The molecule has 1 N–H and O–H groups in total. The van der Waals surface area contributed by atoms with E-state index in [-0.39, 0.29) is 4.90 Å². The van der Waals surface area contributed by atoms with Gasteiger partial charge >= 0.3 is 0 Å². The summed E-state index contributed by atoms with van der Waals surface area (Å²) in [6.07, 6.45) is 6.25. The molecule has 0 atom stereocenters. The summed E-state index contributed by atoms with van der Waals surface area (Å²) in [6.45, 7) is 1.83. The molecule has 1 saturated carbocycles. The van der Waals surface area contributed by atoms with Gasteiger partial charge < -0.3 is 0 Å². The lowest BCUT2D eigenvalue weighted by Crippen LogP contribution is -2.14. The molecule has 1 aliphatic carbocycles. The molecule has 0 heterocycles. The van der Waals surface area contributed by atoms with Crippen molar-refractivity contribution in [2.45, 2.75) is 49.8 Å². The normalized spacial score (nSPS) is 16.1. The third-order valence-electron chi connectivity index (χ3n) is 4.70. The maximum Gasteiger partial charge on any atom is 0.261 e. The Hall–Kier alpha value is -1.52. The Balaban J connectivity index is 1.79. The number of benzene rings is 2. The van der Waals surface area contributed by atoms with E-state index < -0.39 is 10.0 Å². The molecule has 128 valence electrons. The van der Waals surface area contributed by atoms with E-state index in [2.05, 4.69) is 4.72 Å². The molecule has 0 radical (unpaired) electrons. The zero-order valence-electron chi connectivity index (χ0n) is 13.8. The van der Waals surface area contributed by atoms with E-state index in [1.165, 1.54) is 37.7 Å². The first-order valence-electron chi connectivity index (χ1n) is 8.35. The Kier molecular flexibility index (Phi) is 5.16. The van der Waals surface area contributed by atoms with Crippen LogP contribution in [0.2, 0.25) is 5.02 Å². The van der Waals surface area contributed by atoms with E-state index >= 15 is 0 Å². The lowest BCUT2D eigenvalue weighted by Gasteiger charge is -2.22. The Labute approximate surface area is 149 Å². The molecule has 0 unspecified atom stereocenters. The van der Waals surface area contributed by atoms with Gasteiger partial charge in [-0.3, -0.25) is 4.72 Å². The van der Waals surface area contributed by atoms with Crippen molar-refractivity contribution in [1.82, 2.24) is 0 Å². The van der Waals surface area contributed by atoms with Crippen LogP contribution in [0.5, 0.6) is 0 Å². The van der Waals surface area contributed by atoms with Crippen molar-refractivity contribution in [2.75, 3.05) is 4.72 Å². The summed E-state index contributed by atoms with van der Waals surface area (Å²) in [6, 6.07) is 12.4. The van der Waals surface area contributed by atoms with Gasteiger partial charge in [-0.2, -0.15) is 0 Å². The fraction of sp³-hybridized carbons (Fsp3) is 0.368. The van der Waals surface area contributed by atoms with E-state index in [0.717, 1.165) is 5.56 Å². The van der Waals surface area contributed by atoms with Crippen molar-refractivity contribution in [3.63, 3.8) is 0 Å². The molecule has 5 heteroatoms. The van der Waals surface area contributed by atoms with Gasteiger partial charge in [0.25, 0.3) is 10.0 Å². The smallest absolute Gasteiger partial charge is 0.261 e. The van der Waals surface area contributed by atoms with Crippen LogP contribution in [0.15, 0.2) is 47.4 Å². The van der Waals surface area contributed by atoms with Gasteiger partial charge in [0.05, 0.1) is 10.6 Å². The topological polar surface area (TPSA) is 46.2 Å². The quantitative estimate of drug-likeness (QED) is 0.779. The average molecular weight is 364 g/mol. The van der Waals surface area contributed by atoms with Gasteiger partial charge in [0.1, 0.15) is 0 Å². The summed E-state index contributed by atoms with van der Waals surface area (Å²) in [5.74, 6) is 0.571. The summed E-state index contributed by atoms with van der Waals surface area (Å²) in [4.78, 5) is 0.288. The number of aryl methyl sites for hydroxylation is 1. The second kappa shape index (κ2) is 7.16. The highest BCUT2D eigenvalue weighted by molar-refractivity contribution is 7.92. The molecule has 0 aromatic heterocycles. The van der Waals surface area contributed by atoms with Crippen LogP contribution >= 0.6 is 11.6 Å². The molecule has 24 heavy (non-hydrogen) atoms. The van der Waals surface area contributed by atoms with E-state index in [0.29, 0.717) is 16.6 Å². The molecule has 1 aliphatic rings. The third-order valence-corrected chi connectivity index (χ3v) is 6.32. The van der Waals surface area contributed by atoms with Crippen molar-refractivity contribution in [1.29, 1.82) is 0 Å². The maximum atomic E-state index is 12.6. The number of halogens is 1. The second-order valence-electron chi connectivity index (χ2n) is 6.47. The molecule has 3 nitrogen and oxygen atoms in total. The minimum Gasteiger partial charge on any atom is -0.279 e. The van der Waals surface area contributed by atoms with Crippen LogP contribution in [0.3, 0.4) is 0 Å². The molecule has 3 rings (SSSR count). The number of hydrogen-bond donors (Lipinski definition) is 1. The number of sulfonamides is 1. The highest BCUT2D eigenvalue weighted by Crippen LogP contribution is 2.33. The fourth-order valence-electron chi connectivity index (χ4n) is 3.30. The molecule has 2 aromatic rings. The number of nitrogens with one attached hydrogen (secondary N) is 1. The van der Waals surface area contributed by atoms with Crippen molar-refractivity contribution < 1.29 is 8.42 Å².